The van der Waals surface area contributed by atoms with Gasteiger partial charge in [-0.1, -0.05) is 24.1 Å². The lowest BCUT2D eigenvalue weighted by atomic mass is 9.94. The van der Waals surface area contributed by atoms with Gasteiger partial charge in [0.05, 0.1) is 0 Å². The van der Waals surface area contributed by atoms with Gasteiger partial charge in [-0.2, -0.15) is 0 Å². The third-order valence-corrected chi connectivity index (χ3v) is 4.64. The maximum Gasteiger partial charge on any atom is 0.303 e. The highest BCUT2D eigenvalue weighted by Gasteiger charge is 2.23. The minimum Gasteiger partial charge on any atom is -0.481 e. The average molecular weight is 289 g/mol. The molecule has 3 heteroatoms. The monoisotopic (exact) mass is 289 g/mol. The van der Waals surface area contributed by atoms with Crippen molar-refractivity contribution < 1.29 is 9.90 Å². The highest BCUT2D eigenvalue weighted by atomic mass is 16.4. The SMILES string of the molecule is Cc1cc(C)c(CN2CCCCC2CCC(=O)O)c(C)c1. The zero-order chi connectivity index (χ0) is 15.4. The predicted octanol–water partition coefficient (Wildman–Crippen LogP) is 3.83. The molecule has 21 heavy (non-hydrogen) atoms. The minimum atomic E-state index is -0.678. The van der Waals surface area contributed by atoms with Crippen molar-refractivity contribution in [1.82, 2.24) is 4.90 Å². The molecule has 0 bridgehead atoms. The fourth-order valence-corrected chi connectivity index (χ4v) is 3.55. The fraction of sp³-hybridized carbons (Fsp3) is 0.611. The standard InChI is InChI=1S/C18H27NO2/c1-13-10-14(2)17(15(3)11-13)12-19-9-5-4-6-16(19)7-8-18(20)21/h10-11,16H,4-9,12H2,1-3H3,(H,20,21). The van der Waals surface area contributed by atoms with Gasteiger partial charge in [-0.25, -0.2) is 0 Å². The molecule has 1 N–H and O–H groups in total. The minimum absolute atomic E-state index is 0.285. The number of rotatable bonds is 5. The molecule has 0 aliphatic carbocycles. The van der Waals surface area contributed by atoms with Crippen LogP contribution in [0.25, 0.3) is 0 Å². The first-order valence-electron chi connectivity index (χ1n) is 8.00. The van der Waals surface area contributed by atoms with Gasteiger partial charge in [-0.05, 0) is 63.3 Å². The van der Waals surface area contributed by atoms with Crippen LogP contribution in [0.2, 0.25) is 0 Å². The van der Waals surface area contributed by atoms with E-state index in [1.165, 1.54) is 35.1 Å². The Bertz CT molecular complexity index is 487. The number of likely N-dealkylation sites (tertiary alicyclic amines) is 1. The second kappa shape index (κ2) is 7.08. The first kappa shape index (κ1) is 16.0. The molecule has 2 rings (SSSR count). The van der Waals surface area contributed by atoms with Gasteiger partial charge < -0.3 is 5.11 Å². The lowest BCUT2D eigenvalue weighted by Crippen LogP contribution is -2.39. The molecule has 116 valence electrons. The number of aryl methyl sites for hydroxylation is 3. The third-order valence-electron chi connectivity index (χ3n) is 4.64. The summed E-state index contributed by atoms with van der Waals surface area (Å²) in [5.74, 6) is -0.678. The Kier molecular flexibility index (Phi) is 5.40. The number of hydrogen-bond acceptors (Lipinski definition) is 2. The lowest BCUT2D eigenvalue weighted by molar-refractivity contribution is -0.137. The fourth-order valence-electron chi connectivity index (χ4n) is 3.55. The van der Waals surface area contributed by atoms with Crippen molar-refractivity contribution in [2.24, 2.45) is 0 Å². The number of carbonyl (C=O) groups is 1. The number of hydrogen-bond donors (Lipinski definition) is 1. The molecule has 1 saturated heterocycles. The number of carboxylic acid groups (broad SMARTS) is 1. The van der Waals surface area contributed by atoms with Crippen molar-refractivity contribution in [3.05, 3.63) is 34.4 Å². The molecular weight excluding hydrogens is 262 g/mol. The molecule has 3 nitrogen and oxygen atoms in total. The number of piperidine rings is 1. The zero-order valence-electron chi connectivity index (χ0n) is 13.5. The molecule has 0 amide bonds. The summed E-state index contributed by atoms with van der Waals surface area (Å²) >= 11 is 0. The van der Waals surface area contributed by atoms with E-state index in [2.05, 4.69) is 37.8 Å². The number of nitrogens with zero attached hydrogens (tertiary/aromatic N) is 1. The largest absolute Gasteiger partial charge is 0.481 e. The number of carboxylic acids is 1. The maximum absolute atomic E-state index is 10.8. The molecule has 1 unspecified atom stereocenters. The van der Waals surface area contributed by atoms with E-state index >= 15 is 0 Å². The van der Waals surface area contributed by atoms with Crippen LogP contribution in [-0.2, 0) is 11.3 Å². The molecule has 0 aromatic heterocycles. The Morgan fingerprint density at radius 2 is 1.90 bits per heavy atom. The van der Waals surface area contributed by atoms with Crippen LogP contribution in [0.15, 0.2) is 12.1 Å². The normalized spacial score (nSPS) is 19.7. The van der Waals surface area contributed by atoms with Crippen molar-refractivity contribution in [3.63, 3.8) is 0 Å². The van der Waals surface area contributed by atoms with E-state index in [9.17, 15) is 4.79 Å². The third kappa shape index (κ3) is 4.31. The van der Waals surface area contributed by atoms with Crippen molar-refractivity contribution >= 4 is 5.97 Å². The van der Waals surface area contributed by atoms with Gasteiger partial charge in [0.2, 0.25) is 0 Å². The summed E-state index contributed by atoms with van der Waals surface area (Å²) in [5.41, 5.74) is 5.45. The second-order valence-corrected chi connectivity index (χ2v) is 6.43. The van der Waals surface area contributed by atoms with Crippen LogP contribution >= 0.6 is 0 Å². The summed E-state index contributed by atoms with van der Waals surface area (Å²) in [6, 6.07) is 4.92. The van der Waals surface area contributed by atoms with Gasteiger partial charge in [-0.15, -0.1) is 0 Å². The van der Waals surface area contributed by atoms with Crippen LogP contribution in [0.4, 0.5) is 0 Å². The summed E-state index contributed by atoms with van der Waals surface area (Å²) in [5, 5.41) is 8.92. The number of benzene rings is 1. The molecular formula is C18H27NO2. The summed E-state index contributed by atoms with van der Waals surface area (Å²) in [6.45, 7) is 8.57. The quantitative estimate of drug-likeness (QED) is 0.895. The van der Waals surface area contributed by atoms with Crippen molar-refractivity contribution in [2.45, 2.75) is 65.5 Å². The van der Waals surface area contributed by atoms with E-state index in [-0.39, 0.29) is 6.42 Å². The van der Waals surface area contributed by atoms with Crippen molar-refractivity contribution in [1.29, 1.82) is 0 Å². The molecule has 1 aromatic rings. The first-order valence-corrected chi connectivity index (χ1v) is 8.00. The van der Waals surface area contributed by atoms with Gasteiger partial charge in [0.1, 0.15) is 0 Å². The van der Waals surface area contributed by atoms with Gasteiger partial charge in [0.25, 0.3) is 0 Å². The topological polar surface area (TPSA) is 40.5 Å². The second-order valence-electron chi connectivity index (χ2n) is 6.43. The van der Waals surface area contributed by atoms with Gasteiger partial charge in [0, 0.05) is 19.0 Å². The molecule has 1 fully saturated rings. The average Bonchev–Trinajstić information content (AvgIpc) is 2.41. The molecule has 0 saturated carbocycles. The highest BCUT2D eigenvalue weighted by Crippen LogP contribution is 2.26. The Labute approximate surface area is 128 Å². The smallest absolute Gasteiger partial charge is 0.303 e. The van der Waals surface area contributed by atoms with Crippen LogP contribution in [-0.4, -0.2) is 28.6 Å². The number of aliphatic carboxylic acids is 1. The first-order chi connectivity index (χ1) is 9.97. The predicted molar refractivity (Wildman–Crippen MR) is 85.6 cm³/mol. The molecule has 1 aliphatic heterocycles. The van der Waals surface area contributed by atoms with Crippen molar-refractivity contribution in [2.75, 3.05) is 6.54 Å². The Balaban J connectivity index is 2.10. The Morgan fingerprint density at radius 1 is 1.24 bits per heavy atom. The van der Waals surface area contributed by atoms with Gasteiger partial charge >= 0.3 is 5.97 Å². The van der Waals surface area contributed by atoms with Crippen LogP contribution < -0.4 is 0 Å². The molecule has 1 heterocycles. The van der Waals surface area contributed by atoms with E-state index in [4.69, 9.17) is 5.11 Å². The molecule has 1 aromatic carbocycles. The van der Waals surface area contributed by atoms with E-state index in [0.29, 0.717) is 6.04 Å². The van der Waals surface area contributed by atoms with E-state index in [1.54, 1.807) is 0 Å². The van der Waals surface area contributed by atoms with Gasteiger partial charge in [-0.3, -0.25) is 9.69 Å². The molecule has 1 aliphatic rings. The summed E-state index contributed by atoms with van der Waals surface area (Å²) in [7, 11) is 0. The zero-order valence-corrected chi connectivity index (χ0v) is 13.5. The summed E-state index contributed by atoms with van der Waals surface area (Å²) < 4.78 is 0. The van der Waals surface area contributed by atoms with Crippen LogP contribution in [0.5, 0.6) is 0 Å². The summed E-state index contributed by atoms with van der Waals surface area (Å²) in [6.07, 6.45) is 4.66. The van der Waals surface area contributed by atoms with Crippen LogP contribution in [0.3, 0.4) is 0 Å². The lowest BCUT2D eigenvalue weighted by Gasteiger charge is -2.36. The van der Waals surface area contributed by atoms with Crippen LogP contribution in [0.1, 0.15) is 54.4 Å². The van der Waals surface area contributed by atoms with E-state index in [1.807, 2.05) is 0 Å². The molecule has 0 spiro atoms. The maximum atomic E-state index is 10.8. The highest BCUT2D eigenvalue weighted by molar-refractivity contribution is 5.66. The Hall–Kier alpha value is -1.35. The van der Waals surface area contributed by atoms with Crippen molar-refractivity contribution in [3.8, 4) is 0 Å². The Morgan fingerprint density at radius 3 is 2.52 bits per heavy atom. The summed E-state index contributed by atoms with van der Waals surface area (Å²) in [4.78, 5) is 13.3. The molecule has 1 atom stereocenters. The van der Waals surface area contributed by atoms with Gasteiger partial charge in [0.15, 0.2) is 0 Å². The van der Waals surface area contributed by atoms with E-state index in [0.717, 1.165) is 25.9 Å². The molecule has 0 radical (unpaired) electrons. The van der Waals surface area contributed by atoms with Crippen LogP contribution in [0, 0.1) is 20.8 Å². The van der Waals surface area contributed by atoms with E-state index < -0.39 is 5.97 Å².